The summed E-state index contributed by atoms with van der Waals surface area (Å²) in [5.74, 6) is -0.870. The molecule has 0 saturated heterocycles. The van der Waals surface area contributed by atoms with Crippen LogP contribution in [0.2, 0.25) is 0 Å². The van der Waals surface area contributed by atoms with E-state index >= 15 is 0 Å². The van der Waals surface area contributed by atoms with Crippen LogP contribution in [0.4, 0.5) is 0 Å². The van der Waals surface area contributed by atoms with E-state index in [4.69, 9.17) is 14.2 Å². The zero-order valence-corrected chi connectivity index (χ0v) is 33.0. The minimum absolute atomic E-state index is 0.0642. The first kappa shape index (κ1) is 47.4. The van der Waals surface area contributed by atoms with Gasteiger partial charge in [-0.1, -0.05) is 201 Å². The van der Waals surface area contributed by atoms with Crippen molar-refractivity contribution in [3.05, 3.63) is 0 Å². The van der Waals surface area contributed by atoms with Crippen molar-refractivity contribution in [2.75, 3.05) is 13.2 Å². The minimum atomic E-state index is -0.755. The zero-order chi connectivity index (χ0) is 35.9. The first-order valence-corrected chi connectivity index (χ1v) is 21.5. The van der Waals surface area contributed by atoms with Gasteiger partial charge in [0.05, 0.1) is 0 Å². The average molecular weight is 695 g/mol. The number of unbranched alkanes of at least 4 members (excludes halogenated alkanes) is 28. The van der Waals surface area contributed by atoms with Gasteiger partial charge in [0.15, 0.2) is 6.10 Å². The lowest BCUT2D eigenvalue weighted by molar-refractivity contribution is -0.167. The smallest absolute Gasteiger partial charge is 0.306 e. The van der Waals surface area contributed by atoms with Crippen LogP contribution in [0.25, 0.3) is 0 Å². The summed E-state index contributed by atoms with van der Waals surface area (Å²) in [6.07, 6.45) is 38.2. The summed E-state index contributed by atoms with van der Waals surface area (Å²) in [5, 5.41) is 0. The van der Waals surface area contributed by atoms with E-state index in [1.54, 1.807) is 0 Å². The molecule has 0 saturated carbocycles. The number of carbonyl (C=O) groups excluding carboxylic acids is 3. The van der Waals surface area contributed by atoms with Crippen molar-refractivity contribution in [1.82, 2.24) is 0 Å². The second-order valence-electron chi connectivity index (χ2n) is 14.6. The van der Waals surface area contributed by atoms with Gasteiger partial charge in [0.2, 0.25) is 0 Å². The van der Waals surface area contributed by atoms with Crippen molar-refractivity contribution in [2.45, 2.75) is 245 Å². The van der Waals surface area contributed by atoms with Gasteiger partial charge in [-0.25, -0.2) is 0 Å². The van der Waals surface area contributed by atoms with E-state index in [1.807, 2.05) is 0 Å². The maximum atomic E-state index is 12.6. The molecule has 0 amide bonds. The lowest BCUT2D eigenvalue weighted by atomic mass is 10.0. The Morgan fingerprint density at radius 1 is 0.327 bits per heavy atom. The highest BCUT2D eigenvalue weighted by molar-refractivity contribution is 5.71. The van der Waals surface area contributed by atoms with Crippen molar-refractivity contribution < 1.29 is 28.6 Å². The van der Waals surface area contributed by atoms with Crippen molar-refractivity contribution in [1.29, 1.82) is 0 Å². The summed E-state index contributed by atoms with van der Waals surface area (Å²) < 4.78 is 16.6. The lowest BCUT2D eigenvalue weighted by Crippen LogP contribution is -2.30. The molecule has 0 aromatic carbocycles. The molecule has 0 aliphatic rings. The highest BCUT2D eigenvalue weighted by atomic mass is 16.6. The van der Waals surface area contributed by atoms with Crippen LogP contribution in [0.3, 0.4) is 0 Å². The fourth-order valence-electron chi connectivity index (χ4n) is 6.32. The molecule has 0 aliphatic heterocycles. The molecule has 0 aliphatic carbocycles. The third-order valence-electron chi connectivity index (χ3n) is 9.61. The average Bonchev–Trinajstić information content (AvgIpc) is 3.09. The fraction of sp³-hybridized carbons (Fsp3) is 0.930. The molecule has 0 bridgehead atoms. The van der Waals surface area contributed by atoms with Gasteiger partial charge in [0.1, 0.15) is 13.2 Å². The molecule has 290 valence electrons. The zero-order valence-electron chi connectivity index (χ0n) is 33.0. The molecule has 1 atom stereocenters. The Bertz CT molecular complexity index is 723. The van der Waals surface area contributed by atoms with Gasteiger partial charge in [0.25, 0.3) is 0 Å². The van der Waals surface area contributed by atoms with Gasteiger partial charge in [0, 0.05) is 19.3 Å². The highest BCUT2D eigenvalue weighted by Crippen LogP contribution is 2.15. The molecular formula is C43H82O6. The van der Waals surface area contributed by atoms with E-state index in [0.717, 1.165) is 64.2 Å². The molecule has 6 heteroatoms. The molecule has 0 radical (unpaired) electrons. The molecule has 0 heterocycles. The number of esters is 3. The quantitative estimate of drug-likeness (QED) is 0.0362. The van der Waals surface area contributed by atoms with Crippen molar-refractivity contribution in [3.8, 4) is 0 Å². The van der Waals surface area contributed by atoms with Crippen LogP contribution >= 0.6 is 0 Å². The third kappa shape index (κ3) is 37.5. The van der Waals surface area contributed by atoms with E-state index < -0.39 is 6.10 Å². The Morgan fingerprint density at radius 3 is 0.816 bits per heavy atom. The van der Waals surface area contributed by atoms with E-state index in [-0.39, 0.29) is 31.1 Å². The number of carbonyl (C=O) groups is 3. The highest BCUT2D eigenvalue weighted by Gasteiger charge is 2.19. The standard InChI is InChI=1S/C43H82O6/c1-4-7-10-13-15-17-19-20-21-22-24-26-28-31-34-37-43(46)49-40(38-47-41(44)35-32-29-12-9-6-3)39-48-42(45)36-33-30-27-25-23-18-16-14-11-8-5-2/h40H,4-39H2,1-3H3/t40-/m0/s1. The predicted molar refractivity (Wildman–Crippen MR) is 206 cm³/mol. The minimum Gasteiger partial charge on any atom is -0.462 e. The molecule has 6 nitrogen and oxygen atoms in total. The van der Waals surface area contributed by atoms with Crippen LogP contribution < -0.4 is 0 Å². The normalized spacial score (nSPS) is 11.8. The van der Waals surface area contributed by atoms with E-state index in [1.165, 1.54) is 135 Å². The van der Waals surface area contributed by atoms with E-state index in [9.17, 15) is 14.4 Å². The molecular weight excluding hydrogens is 612 g/mol. The Hall–Kier alpha value is -1.59. The van der Waals surface area contributed by atoms with Gasteiger partial charge in [-0.05, 0) is 19.3 Å². The van der Waals surface area contributed by atoms with Crippen molar-refractivity contribution in [2.24, 2.45) is 0 Å². The number of hydrogen-bond donors (Lipinski definition) is 0. The third-order valence-corrected chi connectivity index (χ3v) is 9.61. The first-order chi connectivity index (χ1) is 24.0. The second kappa shape index (κ2) is 39.2. The van der Waals surface area contributed by atoms with E-state index in [2.05, 4.69) is 20.8 Å². The van der Waals surface area contributed by atoms with Crippen molar-refractivity contribution in [3.63, 3.8) is 0 Å². The van der Waals surface area contributed by atoms with Gasteiger partial charge in [-0.15, -0.1) is 0 Å². The van der Waals surface area contributed by atoms with Crippen LogP contribution in [-0.4, -0.2) is 37.2 Å². The topological polar surface area (TPSA) is 78.9 Å². The summed E-state index contributed by atoms with van der Waals surface area (Å²) in [6, 6.07) is 0. The summed E-state index contributed by atoms with van der Waals surface area (Å²) in [4.78, 5) is 37.3. The maximum absolute atomic E-state index is 12.6. The van der Waals surface area contributed by atoms with Crippen LogP contribution in [0.1, 0.15) is 239 Å². The van der Waals surface area contributed by atoms with Gasteiger partial charge >= 0.3 is 17.9 Å². The largest absolute Gasteiger partial charge is 0.462 e. The van der Waals surface area contributed by atoms with Crippen molar-refractivity contribution >= 4 is 17.9 Å². The summed E-state index contributed by atoms with van der Waals surface area (Å²) >= 11 is 0. The molecule has 0 N–H and O–H groups in total. The fourth-order valence-corrected chi connectivity index (χ4v) is 6.32. The Labute approximate surface area is 304 Å². The number of hydrogen-bond acceptors (Lipinski definition) is 6. The van der Waals surface area contributed by atoms with E-state index in [0.29, 0.717) is 19.3 Å². The molecule has 0 aromatic heterocycles. The molecule has 0 aromatic rings. The Balaban J connectivity index is 4.20. The van der Waals surface area contributed by atoms with Crippen LogP contribution in [0.5, 0.6) is 0 Å². The number of rotatable bonds is 39. The van der Waals surface area contributed by atoms with Gasteiger partial charge in [-0.2, -0.15) is 0 Å². The van der Waals surface area contributed by atoms with Crippen LogP contribution in [-0.2, 0) is 28.6 Å². The van der Waals surface area contributed by atoms with Gasteiger partial charge in [-0.3, -0.25) is 14.4 Å². The lowest BCUT2D eigenvalue weighted by Gasteiger charge is -2.18. The second-order valence-corrected chi connectivity index (χ2v) is 14.6. The monoisotopic (exact) mass is 695 g/mol. The van der Waals surface area contributed by atoms with Crippen LogP contribution in [0.15, 0.2) is 0 Å². The predicted octanol–water partition coefficient (Wildman–Crippen LogP) is 13.3. The first-order valence-electron chi connectivity index (χ1n) is 21.5. The molecule has 0 rings (SSSR count). The number of ether oxygens (including phenoxy) is 3. The van der Waals surface area contributed by atoms with Crippen LogP contribution in [0, 0.1) is 0 Å². The Kier molecular flexibility index (Phi) is 37.9. The molecule has 0 spiro atoms. The Morgan fingerprint density at radius 2 is 0.551 bits per heavy atom. The molecule has 0 unspecified atom stereocenters. The molecule has 0 fully saturated rings. The summed E-state index contributed by atoms with van der Waals surface area (Å²) in [7, 11) is 0. The summed E-state index contributed by atoms with van der Waals surface area (Å²) in [5.41, 5.74) is 0. The molecule has 49 heavy (non-hydrogen) atoms. The maximum Gasteiger partial charge on any atom is 0.306 e. The summed E-state index contributed by atoms with van der Waals surface area (Å²) in [6.45, 7) is 6.56. The SMILES string of the molecule is CCCCCCCCCCCCCCCCCC(=O)O[C@@H](COC(=O)CCCCCCC)COC(=O)CCCCCCCCCCCCC. The van der Waals surface area contributed by atoms with Gasteiger partial charge < -0.3 is 14.2 Å².